The Kier molecular flexibility index (Phi) is 5.16. The Morgan fingerprint density at radius 1 is 1.32 bits per heavy atom. The molecule has 2 aromatic rings. The van der Waals surface area contributed by atoms with Crippen LogP contribution >= 0.6 is 0 Å². The van der Waals surface area contributed by atoms with E-state index in [9.17, 15) is 0 Å². The predicted octanol–water partition coefficient (Wildman–Crippen LogP) is 1.35. The highest BCUT2D eigenvalue weighted by atomic mass is 16.5. The molecule has 0 bridgehead atoms. The number of benzene rings is 1. The van der Waals surface area contributed by atoms with Crippen molar-refractivity contribution in [2.75, 3.05) is 18.7 Å². The second-order valence-electron chi connectivity index (χ2n) is 4.64. The summed E-state index contributed by atoms with van der Waals surface area (Å²) in [6.45, 7) is 2.13. The summed E-state index contributed by atoms with van der Waals surface area (Å²) in [4.78, 5) is 7.97. The van der Waals surface area contributed by atoms with Crippen molar-refractivity contribution in [2.45, 2.75) is 6.92 Å². The van der Waals surface area contributed by atoms with Crippen molar-refractivity contribution >= 4 is 5.69 Å². The summed E-state index contributed by atoms with van der Waals surface area (Å²) in [5.74, 6) is 6.50. The van der Waals surface area contributed by atoms with Crippen molar-refractivity contribution in [3.05, 3.63) is 54.1 Å². The first-order chi connectivity index (χ1) is 10.6. The number of hydrogen-bond acceptors (Lipinski definition) is 7. The first-order valence-corrected chi connectivity index (χ1v) is 6.64. The van der Waals surface area contributed by atoms with Crippen LogP contribution < -0.4 is 26.1 Å². The molecule has 116 valence electrons. The smallest absolute Gasteiger partial charge is 0.316 e. The quantitative estimate of drug-likeness (QED) is 0.613. The fraction of sp³-hybridized carbons (Fsp3) is 0.200. The molecule has 7 nitrogen and oxygen atoms in total. The zero-order valence-corrected chi connectivity index (χ0v) is 12.6. The summed E-state index contributed by atoms with van der Waals surface area (Å²) in [5.41, 5.74) is 8.29. The highest BCUT2D eigenvalue weighted by Crippen LogP contribution is 2.14. The molecule has 0 unspecified atom stereocenters. The molecule has 0 atom stereocenters. The standard InChI is InChI=1S/C15H19N5O2/c1-11-4-3-5-13(6-11)20(17)9-12(16)10-22-15-18-7-14(21-2)8-19-15/h3-9H,10,16-17H2,1-2H3/b12-9-. The van der Waals surface area contributed by atoms with Crippen LogP contribution in [0.2, 0.25) is 0 Å². The maximum atomic E-state index is 5.95. The Morgan fingerprint density at radius 3 is 2.68 bits per heavy atom. The second kappa shape index (κ2) is 7.28. The van der Waals surface area contributed by atoms with Gasteiger partial charge < -0.3 is 15.2 Å². The third kappa shape index (κ3) is 4.35. The monoisotopic (exact) mass is 301 g/mol. The minimum Gasteiger partial charge on any atom is -0.494 e. The molecule has 22 heavy (non-hydrogen) atoms. The average molecular weight is 301 g/mol. The number of anilines is 1. The topological polar surface area (TPSA) is 99.5 Å². The molecule has 0 amide bonds. The molecule has 4 N–H and O–H groups in total. The summed E-state index contributed by atoms with van der Waals surface area (Å²) in [5, 5.41) is 1.45. The summed E-state index contributed by atoms with van der Waals surface area (Å²) in [6.07, 6.45) is 4.63. The average Bonchev–Trinajstić information content (AvgIpc) is 2.53. The van der Waals surface area contributed by atoms with Crippen LogP contribution in [0.15, 0.2) is 48.6 Å². The van der Waals surface area contributed by atoms with Crippen LogP contribution in [0.4, 0.5) is 5.69 Å². The highest BCUT2D eigenvalue weighted by molar-refractivity contribution is 5.49. The van der Waals surface area contributed by atoms with Gasteiger partial charge in [0.25, 0.3) is 0 Å². The molecule has 1 aromatic heterocycles. The van der Waals surface area contributed by atoms with E-state index in [0.29, 0.717) is 11.4 Å². The summed E-state index contributed by atoms with van der Waals surface area (Å²) >= 11 is 0. The van der Waals surface area contributed by atoms with Crippen LogP contribution in [-0.4, -0.2) is 23.7 Å². The van der Waals surface area contributed by atoms with E-state index in [1.165, 1.54) is 17.4 Å². The van der Waals surface area contributed by atoms with Crippen LogP contribution in [0, 0.1) is 6.92 Å². The largest absolute Gasteiger partial charge is 0.494 e. The fourth-order valence-corrected chi connectivity index (χ4v) is 1.71. The van der Waals surface area contributed by atoms with Crippen molar-refractivity contribution in [1.82, 2.24) is 9.97 Å². The molecule has 7 heteroatoms. The van der Waals surface area contributed by atoms with E-state index in [1.54, 1.807) is 13.3 Å². The van der Waals surface area contributed by atoms with Gasteiger partial charge in [-0.25, -0.2) is 5.84 Å². The van der Waals surface area contributed by atoms with Gasteiger partial charge in [0.05, 0.1) is 30.9 Å². The Hall–Kier alpha value is -2.80. The van der Waals surface area contributed by atoms with Crippen LogP contribution in [-0.2, 0) is 0 Å². The minimum atomic E-state index is 0.131. The van der Waals surface area contributed by atoms with Gasteiger partial charge in [-0.05, 0) is 24.6 Å². The number of aryl methyl sites for hydroxylation is 1. The van der Waals surface area contributed by atoms with Gasteiger partial charge in [-0.3, -0.25) is 5.01 Å². The first kappa shape index (κ1) is 15.6. The molecule has 0 saturated carbocycles. The third-order valence-corrected chi connectivity index (χ3v) is 2.81. The van der Waals surface area contributed by atoms with Crippen LogP contribution in [0.5, 0.6) is 11.8 Å². The van der Waals surface area contributed by atoms with Crippen molar-refractivity contribution in [3.63, 3.8) is 0 Å². The van der Waals surface area contributed by atoms with Crippen LogP contribution in [0.25, 0.3) is 0 Å². The number of methoxy groups -OCH3 is 1. The van der Waals surface area contributed by atoms with Crippen LogP contribution in [0.3, 0.4) is 0 Å². The molecule has 0 fully saturated rings. The first-order valence-electron chi connectivity index (χ1n) is 6.64. The van der Waals surface area contributed by atoms with Gasteiger partial charge in [0.2, 0.25) is 0 Å². The zero-order valence-electron chi connectivity index (χ0n) is 12.6. The molecule has 0 aliphatic heterocycles. The van der Waals surface area contributed by atoms with E-state index in [-0.39, 0.29) is 12.6 Å². The number of rotatable bonds is 6. The van der Waals surface area contributed by atoms with Crippen molar-refractivity contribution < 1.29 is 9.47 Å². The lowest BCUT2D eigenvalue weighted by molar-refractivity contribution is 0.318. The maximum Gasteiger partial charge on any atom is 0.316 e. The number of hydrogen-bond donors (Lipinski definition) is 2. The van der Waals surface area contributed by atoms with Gasteiger partial charge in [0.1, 0.15) is 6.61 Å². The van der Waals surface area contributed by atoms with Gasteiger partial charge in [-0.1, -0.05) is 12.1 Å². The number of nitrogens with two attached hydrogens (primary N) is 2. The molecular weight excluding hydrogens is 282 g/mol. The highest BCUT2D eigenvalue weighted by Gasteiger charge is 2.03. The molecular formula is C15H19N5O2. The van der Waals surface area contributed by atoms with E-state index in [1.807, 2.05) is 31.2 Å². The number of aromatic nitrogens is 2. The molecule has 1 aromatic carbocycles. The van der Waals surface area contributed by atoms with Crippen molar-refractivity contribution in [3.8, 4) is 11.8 Å². The van der Waals surface area contributed by atoms with E-state index < -0.39 is 0 Å². The fourth-order valence-electron chi connectivity index (χ4n) is 1.71. The maximum absolute atomic E-state index is 5.95. The number of nitrogens with zero attached hydrogens (tertiary/aromatic N) is 3. The molecule has 0 spiro atoms. The van der Waals surface area contributed by atoms with Crippen LogP contribution in [0.1, 0.15) is 5.56 Å². The third-order valence-electron chi connectivity index (χ3n) is 2.81. The van der Waals surface area contributed by atoms with Crippen molar-refractivity contribution in [2.24, 2.45) is 11.6 Å². The lowest BCUT2D eigenvalue weighted by Gasteiger charge is -2.15. The summed E-state index contributed by atoms with van der Waals surface area (Å²) < 4.78 is 10.3. The van der Waals surface area contributed by atoms with E-state index >= 15 is 0 Å². The lowest BCUT2D eigenvalue weighted by Crippen LogP contribution is -2.27. The van der Waals surface area contributed by atoms with Gasteiger partial charge >= 0.3 is 6.01 Å². The molecule has 1 heterocycles. The van der Waals surface area contributed by atoms with Gasteiger partial charge in [-0.2, -0.15) is 9.97 Å². The van der Waals surface area contributed by atoms with Gasteiger partial charge in [0.15, 0.2) is 5.75 Å². The Bertz CT molecular complexity index is 643. The molecule has 0 aliphatic rings. The Balaban J connectivity index is 1.94. The molecule has 0 radical (unpaired) electrons. The van der Waals surface area contributed by atoms with E-state index in [4.69, 9.17) is 21.1 Å². The molecule has 2 rings (SSSR count). The number of ether oxygens (including phenoxy) is 2. The van der Waals surface area contributed by atoms with E-state index in [2.05, 4.69) is 9.97 Å². The van der Waals surface area contributed by atoms with Gasteiger partial charge in [0, 0.05) is 6.20 Å². The second-order valence-corrected chi connectivity index (χ2v) is 4.64. The molecule has 0 saturated heterocycles. The predicted molar refractivity (Wildman–Crippen MR) is 84.2 cm³/mol. The minimum absolute atomic E-state index is 0.131. The van der Waals surface area contributed by atoms with E-state index in [0.717, 1.165) is 11.3 Å². The zero-order chi connectivity index (χ0) is 15.9. The number of hydrazine groups is 1. The summed E-state index contributed by atoms with van der Waals surface area (Å²) in [7, 11) is 1.54. The molecule has 0 aliphatic carbocycles. The summed E-state index contributed by atoms with van der Waals surface area (Å²) in [6, 6.07) is 7.99. The normalized spacial score (nSPS) is 11.1. The van der Waals surface area contributed by atoms with Crippen molar-refractivity contribution in [1.29, 1.82) is 0 Å². The lowest BCUT2D eigenvalue weighted by atomic mass is 10.2. The SMILES string of the molecule is COc1cnc(OC/C(N)=C/N(N)c2cccc(C)c2)nc1. The Morgan fingerprint density at radius 2 is 2.05 bits per heavy atom. The Labute approximate surface area is 129 Å². The van der Waals surface area contributed by atoms with Gasteiger partial charge in [-0.15, -0.1) is 0 Å².